The van der Waals surface area contributed by atoms with E-state index in [9.17, 15) is 18.0 Å². The van der Waals surface area contributed by atoms with Crippen LogP contribution in [0.4, 0.5) is 13.2 Å². The Bertz CT molecular complexity index is 1120. The summed E-state index contributed by atoms with van der Waals surface area (Å²) in [5, 5.41) is 0. The van der Waals surface area contributed by atoms with Gasteiger partial charge in [0.1, 0.15) is 17.9 Å². The molecule has 2 aromatic rings. The minimum atomic E-state index is -4.60. The number of aromatic nitrogens is 2. The number of rotatable bonds is 8. The second-order valence-corrected chi connectivity index (χ2v) is 7.80. The molecule has 11 heteroatoms. The summed E-state index contributed by atoms with van der Waals surface area (Å²) in [6.07, 6.45) is 0.283. The third-order valence-electron chi connectivity index (χ3n) is 4.71. The number of esters is 1. The summed E-state index contributed by atoms with van der Waals surface area (Å²) in [6.45, 7) is 3.41. The fourth-order valence-electron chi connectivity index (χ4n) is 2.89. The lowest BCUT2D eigenvalue weighted by Crippen LogP contribution is -2.17. The molecule has 3 rings (SSSR count). The van der Waals surface area contributed by atoms with E-state index in [-0.39, 0.29) is 29.0 Å². The predicted molar refractivity (Wildman–Crippen MR) is 120 cm³/mol. The van der Waals surface area contributed by atoms with Crippen molar-refractivity contribution in [3.63, 3.8) is 0 Å². The third-order valence-corrected chi connectivity index (χ3v) is 4.71. The Hall–Kier alpha value is -3.76. The number of pyridine rings is 2. The van der Waals surface area contributed by atoms with E-state index in [4.69, 9.17) is 15.2 Å². The standard InChI is InChI=1S/C23H24F3N5O3/c1-13(2)34-22(32)17(15-6-7-20(33-3)29-10-15)11-28-12-30-21(27)16-8-18(14-4-5-14)31-19(9-16)23(24,25)26/h6-14H,4-5H2,1-3H3,(H2,27,28,30)/b17-11+. The van der Waals surface area contributed by atoms with Crippen LogP contribution in [0.25, 0.3) is 5.57 Å². The van der Waals surface area contributed by atoms with E-state index in [0.29, 0.717) is 17.1 Å². The van der Waals surface area contributed by atoms with Gasteiger partial charge in [0.2, 0.25) is 5.88 Å². The van der Waals surface area contributed by atoms with Crippen molar-refractivity contribution in [1.82, 2.24) is 9.97 Å². The number of amidine groups is 1. The molecule has 0 saturated heterocycles. The van der Waals surface area contributed by atoms with Crippen LogP contribution >= 0.6 is 0 Å². The lowest BCUT2D eigenvalue weighted by atomic mass is 10.1. The molecular weight excluding hydrogens is 451 g/mol. The molecule has 2 aromatic heterocycles. The number of methoxy groups -OCH3 is 1. The quantitative estimate of drug-likeness (QED) is 0.266. The van der Waals surface area contributed by atoms with Gasteiger partial charge in [-0.3, -0.25) is 0 Å². The highest BCUT2D eigenvalue weighted by Crippen LogP contribution is 2.40. The monoisotopic (exact) mass is 475 g/mol. The first kappa shape index (κ1) is 24.9. The van der Waals surface area contributed by atoms with Crippen LogP contribution in [-0.4, -0.2) is 41.3 Å². The molecule has 0 radical (unpaired) electrons. The second-order valence-electron chi connectivity index (χ2n) is 7.80. The Kier molecular flexibility index (Phi) is 7.64. The number of nitrogens with zero attached hydrogens (tertiary/aromatic N) is 4. The molecule has 1 saturated carbocycles. The zero-order chi connectivity index (χ0) is 24.9. The van der Waals surface area contributed by atoms with E-state index >= 15 is 0 Å². The summed E-state index contributed by atoms with van der Waals surface area (Å²) in [5.41, 5.74) is 5.86. The van der Waals surface area contributed by atoms with Gasteiger partial charge >= 0.3 is 12.1 Å². The van der Waals surface area contributed by atoms with Crippen LogP contribution < -0.4 is 10.5 Å². The van der Waals surface area contributed by atoms with Crippen molar-refractivity contribution in [2.45, 2.75) is 44.9 Å². The number of carbonyl (C=O) groups is 1. The molecule has 0 amide bonds. The molecule has 1 fully saturated rings. The Morgan fingerprint density at radius 3 is 2.53 bits per heavy atom. The van der Waals surface area contributed by atoms with Crippen molar-refractivity contribution in [2.24, 2.45) is 15.7 Å². The van der Waals surface area contributed by atoms with Gasteiger partial charge in [0, 0.05) is 41.2 Å². The highest BCUT2D eigenvalue weighted by Gasteiger charge is 2.35. The van der Waals surface area contributed by atoms with E-state index < -0.39 is 17.8 Å². The molecule has 0 unspecified atom stereocenters. The molecule has 1 aliphatic carbocycles. The van der Waals surface area contributed by atoms with Crippen molar-refractivity contribution in [3.8, 4) is 5.88 Å². The van der Waals surface area contributed by atoms with Crippen molar-refractivity contribution < 1.29 is 27.4 Å². The fraction of sp³-hybridized carbons (Fsp3) is 0.348. The zero-order valence-corrected chi connectivity index (χ0v) is 18.8. The molecule has 2 heterocycles. The molecule has 0 spiro atoms. The van der Waals surface area contributed by atoms with Gasteiger partial charge in [-0.15, -0.1) is 0 Å². The number of carbonyl (C=O) groups excluding carboxylic acids is 1. The predicted octanol–water partition coefficient (Wildman–Crippen LogP) is 4.11. The van der Waals surface area contributed by atoms with Crippen molar-refractivity contribution in [3.05, 3.63) is 59.2 Å². The summed E-state index contributed by atoms with van der Waals surface area (Å²) >= 11 is 0. The maximum absolute atomic E-state index is 13.2. The largest absolute Gasteiger partial charge is 0.481 e. The van der Waals surface area contributed by atoms with Crippen molar-refractivity contribution in [2.75, 3.05) is 7.11 Å². The molecular formula is C23H24F3N5O3. The lowest BCUT2D eigenvalue weighted by molar-refractivity contribution is -0.141. The van der Waals surface area contributed by atoms with Gasteiger partial charge in [-0.25, -0.2) is 24.7 Å². The first-order valence-electron chi connectivity index (χ1n) is 10.4. The fourth-order valence-corrected chi connectivity index (χ4v) is 2.89. The lowest BCUT2D eigenvalue weighted by Gasteiger charge is -2.11. The Labute approximate surface area is 194 Å². The van der Waals surface area contributed by atoms with E-state index in [0.717, 1.165) is 25.2 Å². The van der Waals surface area contributed by atoms with Crippen LogP contribution in [0, 0.1) is 0 Å². The first-order valence-corrected chi connectivity index (χ1v) is 10.4. The summed E-state index contributed by atoms with van der Waals surface area (Å²) in [4.78, 5) is 28.2. The van der Waals surface area contributed by atoms with Gasteiger partial charge in [-0.1, -0.05) is 0 Å². The van der Waals surface area contributed by atoms with E-state index in [1.54, 1.807) is 26.0 Å². The van der Waals surface area contributed by atoms with Crippen LogP contribution in [0.5, 0.6) is 5.88 Å². The molecule has 1 aliphatic rings. The van der Waals surface area contributed by atoms with Crippen molar-refractivity contribution >= 4 is 23.7 Å². The second kappa shape index (κ2) is 10.4. The van der Waals surface area contributed by atoms with Crippen LogP contribution in [0.1, 0.15) is 55.1 Å². The molecule has 2 N–H and O–H groups in total. The zero-order valence-electron chi connectivity index (χ0n) is 18.8. The number of hydrogen-bond acceptors (Lipinski definition) is 6. The van der Waals surface area contributed by atoms with Gasteiger partial charge < -0.3 is 15.2 Å². The van der Waals surface area contributed by atoms with E-state index in [2.05, 4.69) is 20.0 Å². The molecule has 34 heavy (non-hydrogen) atoms. The van der Waals surface area contributed by atoms with Gasteiger partial charge in [-0.2, -0.15) is 13.2 Å². The van der Waals surface area contributed by atoms with Crippen LogP contribution in [0.2, 0.25) is 0 Å². The van der Waals surface area contributed by atoms with Gasteiger partial charge in [0.15, 0.2) is 0 Å². The molecule has 0 aliphatic heterocycles. The number of hydrogen-bond donors (Lipinski definition) is 1. The van der Waals surface area contributed by atoms with Gasteiger partial charge in [0.25, 0.3) is 0 Å². The highest BCUT2D eigenvalue weighted by atomic mass is 19.4. The minimum Gasteiger partial charge on any atom is -0.481 e. The van der Waals surface area contributed by atoms with Gasteiger partial charge in [-0.05, 0) is 44.9 Å². The average Bonchev–Trinajstić information content (AvgIpc) is 3.63. The molecule has 180 valence electrons. The van der Waals surface area contributed by atoms with E-state index in [1.165, 1.54) is 25.6 Å². The smallest absolute Gasteiger partial charge is 0.433 e. The molecule has 0 aromatic carbocycles. The number of halogens is 3. The molecule has 0 atom stereocenters. The minimum absolute atomic E-state index is 0.00177. The summed E-state index contributed by atoms with van der Waals surface area (Å²) < 4.78 is 50.0. The average molecular weight is 475 g/mol. The van der Waals surface area contributed by atoms with Crippen LogP contribution in [-0.2, 0) is 15.7 Å². The maximum Gasteiger partial charge on any atom is 0.433 e. The maximum atomic E-state index is 13.2. The number of nitrogens with two attached hydrogens (primary N) is 1. The summed E-state index contributed by atoms with van der Waals surface area (Å²) in [5.74, 6) is -0.432. The van der Waals surface area contributed by atoms with Crippen molar-refractivity contribution in [1.29, 1.82) is 0 Å². The van der Waals surface area contributed by atoms with E-state index in [1.807, 2.05) is 0 Å². The Morgan fingerprint density at radius 1 is 1.24 bits per heavy atom. The van der Waals surface area contributed by atoms with Gasteiger partial charge in [0.05, 0.1) is 18.8 Å². The third kappa shape index (κ3) is 6.63. The highest BCUT2D eigenvalue weighted by molar-refractivity contribution is 6.16. The summed E-state index contributed by atoms with van der Waals surface area (Å²) in [6, 6.07) is 5.54. The molecule has 0 bridgehead atoms. The van der Waals surface area contributed by atoms with Crippen LogP contribution in [0.3, 0.4) is 0 Å². The normalized spacial score (nSPS) is 15.1. The topological polar surface area (TPSA) is 112 Å². The Morgan fingerprint density at radius 2 is 1.97 bits per heavy atom. The first-order chi connectivity index (χ1) is 16.1. The molecule has 8 nitrogen and oxygen atoms in total. The SMILES string of the molecule is COc1ccc(/C(=C\N=CN=C(N)c2cc(C3CC3)nc(C(F)(F)F)c2)C(=O)OC(C)C)cn1. The summed E-state index contributed by atoms with van der Waals surface area (Å²) in [7, 11) is 1.46. The number of alkyl halides is 3. The van der Waals surface area contributed by atoms with Crippen LogP contribution in [0.15, 0.2) is 46.6 Å². The number of aliphatic imine (C=N–C) groups is 2. The number of ether oxygens (including phenoxy) is 2. The Balaban J connectivity index is 1.87.